The zero-order valence-corrected chi connectivity index (χ0v) is 12.5. The monoisotopic (exact) mass is 290 g/mol. The van der Waals surface area contributed by atoms with Crippen molar-refractivity contribution in [1.29, 1.82) is 0 Å². The molecule has 1 atom stereocenters. The molecule has 2 heterocycles. The third kappa shape index (κ3) is 4.79. The van der Waals surface area contributed by atoms with Crippen LogP contribution in [0.2, 0.25) is 0 Å². The van der Waals surface area contributed by atoms with Crippen LogP contribution in [0.25, 0.3) is 0 Å². The van der Waals surface area contributed by atoms with Gasteiger partial charge in [0.1, 0.15) is 11.5 Å². The van der Waals surface area contributed by atoms with E-state index in [9.17, 15) is 4.79 Å². The summed E-state index contributed by atoms with van der Waals surface area (Å²) < 4.78 is 10.7. The second-order valence-electron chi connectivity index (χ2n) is 5.07. The zero-order chi connectivity index (χ0) is 15.1. The van der Waals surface area contributed by atoms with Crippen LogP contribution in [0.4, 0.5) is 0 Å². The van der Waals surface area contributed by atoms with Crippen LogP contribution in [0.3, 0.4) is 0 Å². The Labute approximate surface area is 124 Å². The van der Waals surface area contributed by atoms with Gasteiger partial charge in [-0.25, -0.2) is 0 Å². The average molecular weight is 290 g/mol. The Morgan fingerprint density at radius 2 is 1.76 bits per heavy atom. The number of carbonyl (C=O) groups is 1. The summed E-state index contributed by atoms with van der Waals surface area (Å²) in [5.41, 5.74) is 0. The Hall–Kier alpha value is -2.01. The summed E-state index contributed by atoms with van der Waals surface area (Å²) in [6, 6.07) is 7.54. The van der Waals surface area contributed by atoms with Crippen molar-refractivity contribution < 1.29 is 13.6 Å². The summed E-state index contributed by atoms with van der Waals surface area (Å²) in [4.78, 5) is 14.2. The number of nitrogens with one attached hydrogen (secondary N) is 1. The van der Waals surface area contributed by atoms with Gasteiger partial charge in [0.2, 0.25) is 5.91 Å². The van der Waals surface area contributed by atoms with E-state index in [2.05, 4.69) is 5.32 Å². The molecule has 5 heteroatoms. The topological polar surface area (TPSA) is 58.6 Å². The molecule has 0 radical (unpaired) electrons. The molecular formula is C16H22N2O3. The number of furan rings is 2. The third-order valence-corrected chi connectivity index (χ3v) is 3.24. The van der Waals surface area contributed by atoms with Crippen LogP contribution in [0.5, 0.6) is 0 Å². The van der Waals surface area contributed by atoms with Gasteiger partial charge in [-0.3, -0.25) is 4.79 Å². The molecule has 0 fully saturated rings. The fraction of sp³-hybridized carbons (Fsp3) is 0.438. The fourth-order valence-corrected chi connectivity index (χ4v) is 2.23. The van der Waals surface area contributed by atoms with Crippen molar-refractivity contribution in [3.05, 3.63) is 48.3 Å². The predicted molar refractivity (Wildman–Crippen MR) is 79.4 cm³/mol. The predicted octanol–water partition coefficient (Wildman–Crippen LogP) is 2.79. The van der Waals surface area contributed by atoms with Crippen molar-refractivity contribution in [2.45, 2.75) is 39.4 Å². The van der Waals surface area contributed by atoms with Crippen molar-refractivity contribution in [2.75, 3.05) is 6.54 Å². The number of hydrogen-bond donors (Lipinski definition) is 1. The molecule has 1 N–H and O–H groups in total. The molecule has 2 aromatic rings. The SMILES string of the molecule is CCNC(C)CC(=O)N(Cc1ccco1)Cc1ccco1. The summed E-state index contributed by atoms with van der Waals surface area (Å²) in [6.07, 6.45) is 3.69. The highest BCUT2D eigenvalue weighted by Crippen LogP contribution is 2.13. The van der Waals surface area contributed by atoms with E-state index in [0.717, 1.165) is 18.1 Å². The lowest BCUT2D eigenvalue weighted by molar-refractivity contribution is -0.133. The molecule has 114 valence electrons. The van der Waals surface area contributed by atoms with Crippen LogP contribution in [-0.2, 0) is 17.9 Å². The van der Waals surface area contributed by atoms with Crippen molar-refractivity contribution in [3.63, 3.8) is 0 Å². The van der Waals surface area contributed by atoms with Crippen molar-refractivity contribution in [3.8, 4) is 0 Å². The second-order valence-corrected chi connectivity index (χ2v) is 5.07. The summed E-state index contributed by atoms with van der Waals surface area (Å²) in [5, 5.41) is 3.25. The Morgan fingerprint density at radius 1 is 1.19 bits per heavy atom. The Morgan fingerprint density at radius 3 is 2.19 bits per heavy atom. The van der Waals surface area contributed by atoms with Crippen molar-refractivity contribution in [1.82, 2.24) is 10.2 Å². The summed E-state index contributed by atoms with van der Waals surface area (Å²) in [7, 11) is 0. The van der Waals surface area contributed by atoms with Crippen LogP contribution >= 0.6 is 0 Å². The van der Waals surface area contributed by atoms with Gasteiger partial charge in [0.05, 0.1) is 25.6 Å². The first-order chi connectivity index (χ1) is 10.2. The number of rotatable bonds is 8. The third-order valence-electron chi connectivity index (χ3n) is 3.24. The second kappa shape index (κ2) is 7.69. The molecule has 0 saturated heterocycles. The van der Waals surface area contributed by atoms with Gasteiger partial charge in [-0.2, -0.15) is 0 Å². The van der Waals surface area contributed by atoms with E-state index in [1.165, 1.54) is 0 Å². The first-order valence-electron chi connectivity index (χ1n) is 7.25. The molecule has 0 aliphatic carbocycles. The Bertz CT molecular complexity index is 483. The van der Waals surface area contributed by atoms with Gasteiger partial charge in [-0.15, -0.1) is 0 Å². The van der Waals surface area contributed by atoms with Crippen LogP contribution in [0.15, 0.2) is 45.6 Å². The van der Waals surface area contributed by atoms with Gasteiger partial charge in [0.25, 0.3) is 0 Å². The normalized spacial score (nSPS) is 12.3. The zero-order valence-electron chi connectivity index (χ0n) is 12.5. The highest BCUT2D eigenvalue weighted by Gasteiger charge is 2.19. The molecule has 0 aliphatic rings. The van der Waals surface area contributed by atoms with Crippen molar-refractivity contribution in [2.24, 2.45) is 0 Å². The van der Waals surface area contributed by atoms with Crippen LogP contribution in [0, 0.1) is 0 Å². The van der Waals surface area contributed by atoms with Crippen LogP contribution in [-0.4, -0.2) is 23.4 Å². The minimum atomic E-state index is 0.0799. The van der Waals surface area contributed by atoms with Gasteiger partial charge < -0.3 is 19.1 Å². The molecule has 2 rings (SSSR count). The van der Waals surface area contributed by atoms with Gasteiger partial charge in [-0.05, 0) is 37.7 Å². The highest BCUT2D eigenvalue weighted by atomic mass is 16.3. The highest BCUT2D eigenvalue weighted by molar-refractivity contribution is 5.76. The Balaban J connectivity index is 2.01. The molecule has 0 aliphatic heterocycles. The smallest absolute Gasteiger partial charge is 0.224 e. The minimum absolute atomic E-state index is 0.0799. The summed E-state index contributed by atoms with van der Waals surface area (Å²) >= 11 is 0. The van der Waals surface area contributed by atoms with Crippen molar-refractivity contribution >= 4 is 5.91 Å². The van der Waals surface area contributed by atoms with Gasteiger partial charge in [0, 0.05) is 12.5 Å². The summed E-state index contributed by atoms with van der Waals surface area (Å²) in [6.45, 7) is 5.80. The van der Waals surface area contributed by atoms with E-state index < -0.39 is 0 Å². The molecule has 0 spiro atoms. The van der Waals surface area contributed by atoms with E-state index >= 15 is 0 Å². The van der Waals surface area contributed by atoms with E-state index in [1.54, 1.807) is 17.4 Å². The molecular weight excluding hydrogens is 268 g/mol. The number of hydrogen-bond acceptors (Lipinski definition) is 4. The minimum Gasteiger partial charge on any atom is -0.467 e. The first kappa shape index (κ1) is 15.4. The lowest BCUT2D eigenvalue weighted by atomic mass is 10.2. The largest absolute Gasteiger partial charge is 0.467 e. The maximum absolute atomic E-state index is 12.5. The number of amides is 1. The van der Waals surface area contributed by atoms with Crippen LogP contribution < -0.4 is 5.32 Å². The average Bonchev–Trinajstić information content (AvgIpc) is 3.11. The quantitative estimate of drug-likeness (QED) is 0.812. The molecule has 0 aromatic carbocycles. The molecule has 1 amide bonds. The Kier molecular flexibility index (Phi) is 5.63. The molecule has 0 saturated carbocycles. The lowest BCUT2D eigenvalue weighted by Crippen LogP contribution is -2.36. The number of nitrogens with zero attached hydrogens (tertiary/aromatic N) is 1. The maximum atomic E-state index is 12.5. The molecule has 21 heavy (non-hydrogen) atoms. The molecule has 0 bridgehead atoms. The van der Waals surface area contributed by atoms with E-state index in [-0.39, 0.29) is 11.9 Å². The number of carbonyl (C=O) groups excluding carboxylic acids is 1. The van der Waals surface area contributed by atoms with E-state index in [0.29, 0.717) is 19.5 Å². The molecule has 5 nitrogen and oxygen atoms in total. The molecule has 1 unspecified atom stereocenters. The van der Waals surface area contributed by atoms with E-state index in [4.69, 9.17) is 8.83 Å². The van der Waals surface area contributed by atoms with Gasteiger partial charge >= 0.3 is 0 Å². The van der Waals surface area contributed by atoms with Crippen LogP contribution in [0.1, 0.15) is 31.8 Å². The molecule has 2 aromatic heterocycles. The van der Waals surface area contributed by atoms with Gasteiger partial charge in [-0.1, -0.05) is 6.92 Å². The first-order valence-corrected chi connectivity index (χ1v) is 7.25. The lowest BCUT2D eigenvalue weighted by Gasteiger charge is -2.22. The van der Waals surface area contributed by atoms with E-state index in [1.807, 2.05) is 38.1 Å². The van der Waals surface area contributed by atoms with Gasteiger partial charge in [0.15, 0.2) is 0 Å². The fourth-order valence-electron chi connectivity index (χ4n) is 2.23. The standard InChI is InChI=1S/C16H22N2O3/c1-3-17-13(2)10-16(19)18(11-14-6-4-8-20-14)12-15-7-5-9-21-15/h4-9,13,17H,3,10-12H2,1-2H3. The maximum Gasteiger partial charge on any atom is 0.224 e. The summed E-state index contributed by atoms with van der Waals surface area (Å²) in [5.74, 6) is 1.62.